The van der Waals surface area contributed by atoms with Gasteiger partial charge in [0, 0.05) is 32.2 Å². The first-order valence-electron chi connectivity index (χ1n) is 8.36. The third kappa shape index (κ3) is 8.61. The monoisotopic (exact) mass is 269 g/mol. The smallest absolute Gasteiger partial charge is 0.0109 e. The van der Waals surface area contributed by atoms with Gasteiger partial charge in [-0.1, -0.05) is 26.2 Å². The highest BCUT2D eigenvalue weighted by molar-refractivity contribution is 4.68. The maximum absolute atomic E-state index is 3.65. The summed E-state index contributed by atoms with van der Waals surface area (Å²) in [6, 6.07) is 0.679. The van der Waals surface area contributed by atoms with Gasteiger partial charge in [0.25, 0.3) is 0 Å². The molecule has 0 saturated carbocycles. The molecule has 0 amide bonds. The summed E-state index contributed by atoms with van der Waals surface area (Å²) in [6.07, 6.45) is 8.20. The van der Waals surface area contributed by atoms with Gasteiger partial charge in [0.2, 0.25) is 0 Å². The summed E-state index contributed by atoms with van der Waals surface area (Å²) in [7, 11) is 2.25. The molecule has 19 heavy (non-hydrogen) atoms. The fourth-order valence-electron chi connectivity index (χ4n) is 2.73. The minimum atomic E-state index is 0.679. The third-order valence-corrected chi connectivity index (χ3v) is 4.22. The number of hydrogen-bond acceptors (Lipinski definition) is 3. The summed E-state index contributed by atoms with van der Waals surface area (Å²) in [5.74, 6) is 0. The lowest BCUT2D eigenvalue weighted by atomic mass is 10.1. The Morgan fingerprint density at radius 2 is 1.89 bits per heavy atom. The van der Waals surface area contributed by atoms with E-state index in [0.717, 1.165) is 6.54 Å². The lowest BCUT2D eigenvalue weighted by Crippen LogP contribution is -2.37. The van der Waals surface area contributed by atoms with Crippen LogP contribution in [0.25, 0.3) is 0 Å². The van der Waals surface area contributed by atoms with Crippen molar-refractivity contribution in [3.63, 3.8) is 0 Å². The molecule has 0 radical (unpaired) electrons. The fourth-order valence-corrected chi connectivity index (χ4v) is 2.73. The first-order chi connectivity index (χ1) is 9.22. The molecule has 1 heterocycles. The van der Waals surface area contributed by atoms with Crippen LogP contribution in [0.4, 0.5) is 0 Å². The largest absolute Gasteiger partial charge is 0.313 e. The van der Waals surface area contributed by atoms with Gasteiger partial charge in [-0.15, -0.1) is 0 Å². The van der Waals surface area contributed by atoms with Gasteiger partial charge in [-0.25, -0.2) is 0 Å². The Labute approximate surface area is 120 Å². The molecular formula is C16H35N3. The molecule has 3 heteroatoms. The van der Waals surface area contributed by atoms with Crippen molar-refractivity contribution in [1.82, 2.24) is 15.1 Å². The molecule has 0 aromatic carbocycles. The van der Waals surface area contributed by atoms with Crippen LogP contribution in [-0.4, -0.2) is 62.2 Å². The maximum Gasteiger partial charge on any atom is 0.0109 e. The zero-order valence-electron chi connectivity index (χ0n) is 13.5. The summed E-state index contributed by atoms with van der Waals surface area (Å²) < 4.78 is 0. The molecule has 1 fully saturated rings. The Balaban J connectivity index is 1.92. The molecule has 3 nitrogen and oxygen atoms in total. The van der Waals surface area contributed by atoms with Crippen LogP contribution in [0.2, 0.25) is 0 Å². The van der Waals surface area contributed by atoms with E-state index in [4.69, 9.17) is 0 Å². The average molecular weight is 269 g/mol. The summed E-state index contributed by atoms with van der Waals surface area (Å²) in [6.45, 7) is 12.0. The van der Waals surface area contributed by atoms with Crippen molar-refractivity contribution in [2.24, 2.45) is 0 Å². The predicted molar refractivity (Wildman–Crippen MR) is 84.8 cm³/mol. The van der Waals surface area contributed by atoms with Gasteiger partial charge >= 0.3 is 0 Å². The Kier molecular flexibility index (Phi) is 9.48. The van der Waals surface area contributed by atoms with Gasteiger partial charge < -0.3 is 15.1 Å². The van der Waals surface area contributed by atoms with Crippen LogP contribution in [0.15, 0.2) is 0 Å². The standard InChI is InChI=1S/C16H35N3/c1-4-5-6-9-16(2)17-10-13-18(3)14-15-19-11-7-8-12-19/h16-17H,4-15H2,1-3H3. The summed E-state index contributed by atoms with van der Waals surface area (Å²) in [5, 5.41) is 3.65. The molecule has 0 aromatic rings. The second kappa shape index (κ2) is 10.6. The van der Waals surface area contributed by atoms with E-state index in [1.54, 1.807) is 0 Å². The molecule has 1 atom stereocenters. The van der Waals surface area contributed by atoms with Gasteiger partial charge in [-0.2, -0.15) is 0 Å². The second-order valence-corrected chi connectivity index (χ2v) is 6.20. The van der Waals surface area contributed by atoms with E-state index in [-0.39, 0.29) is 0 Å². The van der Waals surface area contributed by atoms with Gasteiger partial charge in [0.1, 0.15) is 0 Å². The molecule has 0 aliphatic carbocycles. The number of nitrogens with zero attached hydrogens (tertiary/aromatic N) is 2. The molecule has 1 saturated heterocycles. The molecule has 1 aliphatic rings. The molecule has 1 N–H and O–H groups in total. The number of likely N-dealkylation sites (N-methyl/N-ethyl adjacent to an activating group) is 1. The topological polar surface area (TPSA) is 18.5 Å². The molecule has 0 bridgehead atoms. The summed E-state index contributed by atoms with van der Waals surface area (Å²) in [4.78, 5) is 5.06. The molecular weight excluding hydrogens is 234 g/mol. The Morgan fingerprint density at radius 1 is 1.16 bits per heavy atom. The van der Waals surface area contributed by atoms with Crippen LogP contribution in [0.3, 0.4) is 0 Å². The molecule has 0 aromatic heterocycles. The minimum Gasteiger partial charge on any atom is -0.313 e. The minimum absolute atomic E-state index is 0.679. The highest BCUT2D eigenvalue weighted by Gasteiger charge is 2.11. The zero-order valence-corrected chi connectivity index (χ0v) is 13.5. The van der Waals surface area contributed by atoms with E-state index in [0.29, 0.717) is 6.04 Å². The van der Waals surface area contributed by atoms with Crippen molar-refractivity contribution in [3.05, 3.63) is 0 Å². The Hall–Kier alpha value is -0.120. The number of likely N-dealkylation sites (tertiary alicyclic amines) is 1. The quantitative estimate of drug-likeness (QED) is 0.582. The number of rotatable bonds is 11. The molecule has 0 spiro atoms. The Bertz CT molecular complexity index is 202. The third-order valence-electron chi connectivity index (χ3n) is 4.22. The van der Waals surface area contributed by atoms with Crippen molar-refractivity contribution in [3.8, 4) is 0 Å². The van der Waals surface area contributed by atoms with Crippen molar-refractivity contribution in [1.29, 1.82) is 0 Å². The van der Waals surface area contributed by atoms with Crippen molar-refractivity contribution in [2.75, 3.05) is 46.3 Å². The lowest BCUT2D eigenvalue weighted by molar-refractivity contribution is 0.254. The van der Waals surface area contributed by atoms with Crippen LogP contribution in [0.1, 0.15) is 52.4 Å². The van der Waals surface area contributed by atoms with Crippen LogP contribution >= 0.6 is 0 Å². The normalized spacial score (nSPS) is 18.3. The van der Waals surface area contributed by atoms with Gasteiger partial charge in [0.05, 0.1) is 0 Å². The summed E-state index contributed by atoms with van der Waals surface area (Å²) in [5.41, 5.74) is 0. The van der Waals surface area contributed by atoms with E-state index in [1.807, 2.05) is 0 Å². The highest BCUT2D eigenvalue weighted by Crippen LogP contribution is 2.06. The maximum atomic E-state index is 3.65. The zero-order chi connectivity index (χ0) is 13.9. The van der Waals surface area contributed by atoms with Crippen LogP contribution in [0.5, 0.6) is 0 Å². The van der Waals surface area contributed by atoms with Crippen molar-refractivity contribution in [2.45, 2.75) is 58.4 Å². The molecule has 114 valence electrons. The first kappa shape index (κ1) is 16.9. The fraction of sp³-hybridized carbons (Fsp3) is 1.00. The number of hydrogen-bond donors (Lipinski definition) is 1. The molecule has 1 unspecified atom stereocenters. The van der Waals surface area contributed by atoms with E-state index in [1.165, 1.54) is 71.2 Å². The molecule has 1 aliphatic heterocycles. The lowest BCUT2D eigenvalue weighted by Gasteiger charge is -2.22. The van der Waals surface area contributed by atoms with Crippen LogP contribution < -0.4 is 5.32 Å². The van der Waals surface area contributed by atoms with Gasteiger partial charge in [-0.3, -0.25) is 0 Å². The van der Waals surface area contributed by atoms with Gasteiger partial charge in [0.15, 0.2) is 0 Å². The SMILES string of the molecule is CCCCCC(C)NCCN(C)CCN1CCCC1. The van der Waals surface area contributed by atoms with Gasteiger partial charge in [-0.05, 0) is 46.3 Å². The number of nitrogens with one attached hydrogen (secondary N) is 1. The van der Waals surface area contributed by atoms with E-state index in [9.17, 15) is 0 Å². The molecule has 1 rings (SSSR count). The van der Waals surface area contributed by atoms with Crippen molar-refractivity contribution < 1.29 is 0 Å². The van der Waals surface area contributed by atoms with Crippen LogP contribution in [0, 0.1) is 0 Å². The summed E-state index contributed by atoms with van der Waals surface area (Å²) >= 11 is 0. The highest BCUT2D eigenvalue weighted by atomic mass is 15.2. The first-order valence-corrected chi connectivity index (χ1v) is 8.36. The average Bonchev–Trinajstić information content (AvgIpc) is 2.90. The van der Waals surface area contributed by atoms with E-state index in [2.05, 4.69) is 36.0 Å². The second-order valence-electron chi connectivity index (χ2n) is 6.20. The van der Waals surface area contributed by atoms with Crippen LogP contribution in [-0.2, 0) is 0 Å². The van der Waals surface area contributed by atoms with Crippen molar-refractivity contribution >= 4 is 0 Å². The van der Waals surface area contributed by atoms with E-state index < -0.39 is 0 Å². The number of unbranched alkanes of at least 4 members (excludes halogenated alkanes) is 2. The predicted octanol–water partition coefficient (Wildman–Crippen LogP) is 2.57. The Morgan fingerprint density at radius 3 is 2.58 bits per heavy atom. The van der Waals surface area contributed by atoms with E-state index >= 15 is 0 Å².